The minimum Gasteiger partial charge on any atom is -0.350 e. The fourth-order valence-corrected chi connectivity index (χ4v) is 2.84. The first-order valence-corrected chi connectivity index (χ1v) is 7.79. The number of benzene rings is 1. The predicted octanol–water partition coefficient (Wildman–Crippen LogP) is 2.51. The molecule has 2 aromatic rings. The zero-order valence-corrected chi connectivity index (χ0v) is 13.1. The lowest BCUT2D eigenvalue weighted by atomic mass is 10.2. The van der Waals surface area contributed by atoms with Crippen LogP contribution in [-0.4, -0.2) is 34.8 Å². The largest absolute Gasteiger partial charge is 0.434 e. The molecule has 2 heterocycles. The van der Waals surface area contributed by atoms with Gasteiger partial charge in [0.05, 0.1) is 11.8 Å². The molecule has 3 rings (SSSR count). The highest BCUT2D eigenvalue weighted by Crippen LogP contribution is 2.34. The summed E-state index contributed by atoms with van der Waals surface area (Å²) in [7, 11) is 0. The third kappa shape index (κ3) is 3.65. The molecule has 2 N–H and O–H groups in total. The van der Waals surface area contributed by atoms with Crippen molar-refractivity contribution < 1.29 is 22.4 Å². The smallest absolute Gasteiger partial charge is 0.350 e. The molecule has 9 heteroatoms. The van der Waals surface area contributed by atoms with E-state index in [9.17, 15) is 22.4 Å². The Labute approximate surface area is 141 Å². The van der Waals surface area contributed by atoms with E-state index in [4.69, 9.17) is 0 Å². The molecule has 0 radical (unpaired) electrons. The van der Waals surface area contributed by atoms with Crippen LogP contribution in [0.3, 0.4) is 0 Å². The Kier molecular flexibility index (Phi) is 4.76. The van der Waals surface area contributed by atoms with Gasteiger partial charge in [0.25, 0.3) is 5.91 Å². The number of amides is 1. The van der Waals surface area contributed by atoms with E-state index in [1.807, 2.05) is 0 Å². The van der Waals surface area contributed by atoms with Crippen molar-refractivity contribution in [2.75, 3.05) is 13.1 Å². The average molecular weight is 356 g/mol. The first-order valence-electron chi connectivity index (χ1n) is 7.79. The van der Waals surface area contributed by atoms with Crippen molar-refractivity contribution in [1.29, 1.82) is 0 Å². The van der Waals surface area contributed by atoms with Crippen molar-refractivity contribution >= 4 is 5.91 Å². The van der Waals surface area contributed by atoms with Crippen molar-refractivity contribution in [1.82, 2.24) is 20.4 Å². The number of nitrogens with zero attached hydrogens (tertiary/aromatic N) is 2. The molecule has 0 spiro atoms. The van der Waals surface area contributed by atoms with Gasteiger partial charge in [-0.25, -0.2) is 9.07 Å². The monoisotopic (exact) mass is 356 g/mol. The molecule has 1 aromatic carbocycles. The van der Waals surface area contributed by atoms with Gasteiger partial charge in [-0.2, -0.15) is 18.3 Å². The molecule has 5 nitrogen and oxygen atoms in total. The molecule has 25 heavy (non-hydrogen) atoms. The summed E-state index contributed by atoms with van der Waals surface area (Å²) in [5.74, 6) is -1.75. The normalized spacial score (nSPS) is 17.7. The first-order chi connectivity index (χ1) is 11.9. The molecule has 1 aliphatic heterocycles. The Morgan fingerprint density at radius 1 is 1.36 bits per heavy atom. The Morgan fingerprint density at radius 3 is 2.76 bits per heavy atom. The van der Waals surface area contributed by atoms with Crippen LogP contribution in [-0.2, 0) is 6.18 Å². The van der Waals surface area contributed by atoms with E-state index in [0.717, 1.165) is 31.6 Å². The predicted molar refractivity (Wildman–Crippen MR) is 81.9 cm³/mol. The summed E-state index contributed by atoms with van der Waals surface area (Å²) in [6.07, 6.45) is -2.25. The van der Waals surface area contributed by atoms with Gasteiger partial charge in [0, 0.05) is 12.6 Å². The minimum atomic E-state index is -4.86. The van der Waals surface area contributed by atoms with Crippen LogP contribution in [0, 0.1) is 5.82 Å². The zero-order valence-electron chi connectivity index (χ0n) is 13.1. The summed E-state index contributed by atoms with van der Waals surface area (Å²) in [6.45, 7) is 1.04. The van der Waals surface area contributed by atoms with Crippen LogP contribution in [0.5, 0.6) is 0 Å². The van der Waals surface area contributed by atoms with Crippen molar-refractivity contribution in [2.45, 2.75) is 25.1 Å². The molecule has 1 amide bonds. The van der Waals surface area contributed by atoms with Gasteiger partial charge in [-0.05, 0) is 31.5 Å². The number of aromatic nitrogens is 2. The van der Waals surface area contributed by atoms with Crippen molar-refractivity contribution in [2.24, 2.45) is 0 Å². The fraction of sp³-hybridized carbons (Fsp3) is 0.375. The first kappa shape index (κ1) is 17.4. The topological polar surface area (TPSA) is 59.0 Å². The maximum absolute atomic E-state index is 13.9. The van der Waals surface area contributed by atoms with Crippen LogP contribution >= 0.6 is 0 Å². The molecule has 1 atom stereocenters. The second-order valence-electron chi connectivity index (χ2n) is 5.77. The number of hydrogen-bond donors (Lipinski definition) is 2. The molecule has 0 saturated carbocycles. The summed E-state index contributed by atoms with van der Waals surface area (Å²) in [5.41, 5.74) is -2.30. The van der Waals surface area contributed by atoms with E-state index in [-0.39, 0.29) is 18.3 Å². The Hall–Kier alpha value is -2.42. The van der Waals surface area contributed by atoms with Gasteiger partial charge in [0.2, 0.25) is 0 Å². The minimum absolute atomic E-state index is 0.0416. The van der Waals surface area contributed by atoms with Crippen LogP contribution < -0.4 is 10.6 Å². The number of carbonyl (C=O) groups is 1. The molecule has 1 fully saturated rings. The summed E-state index contributed by atoms with van der Waals surface area (Å²) >= 11 is 0. The molecular formula is C16H16F4N4O. The molecule has 0 aliphatic carbocycles. The maximum atomic E-state index is 13.9. The fourth-order valence-electron chi connectivity index (χ4n) is 2.84. The number of nitrogens with one attached hydrogen (secondary N) is 2. The number of hydrogen-bond acceptors (Lipinski definition) is 3. The van der Waals surface area contributed by atoms with E-state index >= 15 is 0 Å². The third-order valence-corrected chi connectivity index (χ3v) is 4.03. The lowest BCUT2D eigenvalue weighted by Gasteiger charge is -2.14. The highest BCUT2D eigenvalue weighted by molar-refractivity contribution is 5.95. The number of rotatable bonds is 4. The van der Waals surface area contributed by atoms with Crippen molar-refractivity contribution in [3.05, 3.63) is 47.5 Å². The van der Waals surface area contributed by atoms with Crippen LogP contribution in [0.15, 0.2) is 30.5 Å². The SMILES string of the molecule is O=C(NCC1CCCN1)c1cnn(-c2ccccc2F)c1C(F)(F)F. The van der Waals surface area contributed by atoms with Gasteiger partial charge in [-0.1, -0.05) is 12.1 Å². The Balaban J connectivity index is 1.92. The van der Waals surface area contributed by atoms with Crippen LogP contribution in [0.25, 0.3) is 5.69 Å². The van der Waals surface area contributed by atoms with Gasteiger partial charge >= 0.3 is 6.18 Å². The summed E-state index contributed by atoms with van der Waals surface area (Å²) in [6, 6.07) is 4.99. The Morgan fingerprint density at radius 2 is 2.12 bits per heavy atom. The molecule has 1 saturated heterocycles. The highest BCUT2D eigenvalue weighted by atomic mass is 19.4. The van der Waals surface area contributed by atoms with Crippen molar-refractivity contribution in [3.63, 3.8) is 0 Å². The standard InChI is InChI=1S/C16H16F4N4O/c17-12-5-1-2-6-13(12)24-14(16(18,19)20)11(9-23-24)15(25)22-8-10-4-3-7-21-10/h1-2,5-6,9-10,21H,3-4,7-8H2,(H,22,25). The molecule has 1 unspecified atom stereocenters. The van der Waals surface area contributed by atoms with Gasteiger partial charge in [-0.15, -0.1) is 0 Å². The second-order valence-corrected chi connectivity index (χ2v) is 5.77. The lowest BCUT2D eigenvalue weighted by Crippen LogP contribution is -2.37. The number of para-hydroxylation sites is 1. The van der Waals surface area contributed by atoms with Crippen LogP contribution in [0.4, 0.5) is 17.6 Å². The lowest BCUT2D eigenvalue weighted by molar-refractivity contribution is -0.143. The van der Waals surface area contributed by atoms with Gasteiger partial charge in [0.15, 0.2) is 5.69 Å². The summed E-state index contributed by atoms with van der Waals surface area (Å²) < 4.78 is 54.7. The molecule has 1 aromatic heterocycles. The van der Waals surface area contributed by atoms with Gasteiger partial charge in [0.1, 0.15) is 11.5 Å². The molecule has 1 aliphatic rings. The van der Waals surface area contributed by atoms with E-state index < -0.39 is 29.2 Å². The molecule has 134 valence electrons. The van der Waals surface area contributed by atoms with Gasteiger partial charge < -0.3 is 10.6 Å². The Bertz CT molecular complexity index is 766. The summed E-state index contributed by atoms with van der Waals surface area (Å²) in [5, 5.41) is 9.22. The zero-order chi connectivity index (χ0) is 18.0. The summed E-state index contributed by atoms with van der Waals surface area (Å²) in [4.78, 5) is 12.2. The van der Waals surface area contributed by atoms with Gasteiger partial charge in [-0.3, -0.25) is 4.79 Å². The van der Waals surface area contributed by atoms with E-state index in [1.54, 1.807) is 0 Å². The van der Waals surface area contributed by atoms with Crippen LogP contribution in [0.2, 0.25) is 0 Å². The molecular weight excluding hydrogens is 340 g/mol. The average Bonchev–Trinajstić information content (AvgIpc) is 3.22. The second kappa shape index (κ2) is 6.83. The van der Waals surface area contributed by atoms with E-state index in [1.165, 1.54) is 18.2 Å². The van der Waals surface area contributed by atoms with Crippen LogP contribution in [0.1, 0.15) is 28.9 Å². The van der Waals surface area contributed by atoms with E-state index in [2.05, 4.69) is 15.7 Å². The highest BCUT2D eigenvalue weighted by Gasteiger charge is 2.41. The quantitative estimate of drug-likeness (QED) is 0.828. The number of alkyl halides is 3. The maximum Gasteiger partial charge on any atom is 0.434 e. The number of halogens is 4. The number of carbonyl (C=O) groups excluding carboxylic acids is 1. The van der Waals surface area contributed by atoms with Crippen molar-refractivity contribution in [3.8, 4) is 5.69 Å². The van der Waals surface area contributed by atoms with E-state index in [0.29, 0.717) is 4.68 Å². The third-order valence-electron chi connectivity index (χ3n) is 4.03. The molecule has 0 bridgehead atoms.